The zero-order chi connectivity index (χ0) is 36.3. The highest BCUT2D eigenvalue weighted by atomic mass is 16.3. The van der Waals surface area contributed by atoms with E-state index < -0.39 is 0 Å². The van der Waals surface area contributed by atoms with Gasteiger partial charge in [0.1, 0.15) is 11.2 Å². The highest BCUT2D eigenvalue weighted by molar-refractivity contribution is 6.12. The van der Waals surface area contributed by atoms with Crippen molar-refractivity contribution in [1.82, 2.24) is 4.57 Å². The Hall–Kier alpha value is -7.36. The van der Waals surface area contributed by atoms with Gasteiger partial charge in [-0.25, -0.2) is 0 Å². The van der Waals surface area contributed by atoms with E-state index >= 15 is 0 Å². The number of hydrogen-bond acceptors (Lipinski definition) is 2. The van der Waals surface area contributed by atoms with E-state index in [1.54, 1.807) is 0 Å². The Kier molecular flexibility index (Phi) is 7.17. The van der Waals surface area contributed by atoms with Crippen LogP contribution in [0.5, 0.6) is 0 Å². The van der Waals surface area contributed by atoms with E-state index in [4.69, 9.17) is 4.42 Å². The number of fused-ring (bicyclic) bond motifs is 7. The van der Waals surface area contributed by atoms with E-state index in [9.17, 15) is 0 Å². The first kappa shape index (κ1) is 31.2. The quantitative estimate of drug-likeness (QED) is 0.172. The van der Waals surface area contributed by atoms with Crippen molar-refractivity contribution in [3.05, 3.63) is 206 Å². The molecule has 0 aliphatic heterocycles. The maximum atomic E-state index is 6.44. The van der Waals surface area contributed by atoms with E-state index in [1.807, 2.05) is 0 Å². The summed E-state index contributed by atoms with van der Waals surface area (Å²) in [6, 6.07) is 74.0. The van der Waals surface area contributed by atoms with Crippen molar-refractivity contribution in [2.24, 2.45) is 0 Å². The molecule has 0 saturated heterocycles. The van der Waals surface area contributed by atoms with Crippen LogP contribution in [0.2, 0.25) is 0 Å². The van der Waals surface area contributed by atoms with Gasteiger partial charge in [0, 0.05) is 44.3 Å². The molecular weight excluding hydrogens is 669 g/mol. The van der Waals surface area contributed by atoms with Gasteiger partial charge in [-0.05, 0) is 118 Å². The van der Waals surface area contributed by atoms with Crippen LogP contribution in [0, 0.1) is 0 Å². The summed E-state index contributed by atoms with van der Waals surface area (Å²) >= 11 is 0. The summed E-state index contributed by atoms with van der Waals surface area (Å²) in [5, 5.41) is 7.02. The van der Waals surface area contributed by atoms with Gasteiger partial charge < -0.3 is 13.9 Å². The normalized spacial score (nSPS) is 11.6. The van der Waals surface area contributed by atoms with Crippen molar-refractivity contribution < 1.29 is 4.42 Å². The third kappa shape index (κ3) is 5.28. The Morgan fingerprint density at radius 3 is 1.67 bits per heavy atom. The lowest BCUT2D eigenvalue weighted by Gasteiger charge is -2.26. The molecule has 0 aliphatic carbocycles. The molecule has 0 fully saturated rings. The van der Waals surface area contributed by atoms with Crippen molar-refractivity contribution in [3.8, 4) is 27.9 Å². The van der Waals surface area contributed by atoms with Crippen LogP contribution < -0.4 is 4.90 Å². The second-order valence-corrected chi connectivity index (χ2v) is 14.2. The SMILES string of the molecule is c1ccc(-c2cccc(-c3ccc(N(c4ccc5oc6cc7ccccc7cc6c5c4)c4ccc5c(c4)c4ccccc4n5-c4ccccc4)cc3)c2)cc1. The first-order chi connectivity index (χ1) is 27.2. The van der Waals surface area contributed by atoms with Crippen LogP contribution in [0.25, 0.3) is 82.5 Å². The Morgan fingerprint density at radius 1 is 0.327 bits per heavy atom. The number of furan rings is 1. The highest BCUT2D eigenvalue weighted by Crippen LogP contribution is 2.42. The minimum absolute atomic E-state index is 0.879. The van der Waals surface area contributed by atoms with Gasteiger partial charge >= 0.3 is 0 Å². The zero-order valence-electron chi connectivity index (χ0n) is 29.9. The van der Waals surface area contributed by atoms with Gasteiger partial charge in [-0.15, -0.1) is 0 Å². The average Bonchev–Trinajstić information content (AvgIpc) is 3.78. The number of aromatic nitrogens is 1. The lowest BCUT2D eigenvalue weighted by Crippen LogP contribution is -2.09. The van der Waals surface area contributed by atoms with Crippen LogP contribution in [0.15, 0.2) is 211 Å². The standard InChI is InChI=1S/C52H34N2O/c1-3-12-35(13-4-1)37-16-11-17-38(30-37)36-22-24-42(25-23-36)53(44-27-29-51-48(34-44)47-31-39-14-7-8-15-40(39)32-52(47)55-51)43-26-28-50-46(33-43)45-20-9-10-21-49(45)54(50)41-18-5-2-6-19-41/h1-34H. The number of anilines is 3. The largest absolute Gasteiger partial charge is 0.456 e. The van der Waals surface area contributed by atoms with Gasteiger partial charge in [0.25, 0.3) is 0 Å². The van der Waals surface area contributed by atoms with Gasteiger partial charge in [-0.1, -0.05) is 121 Å². The molecule has 3 nitrogen and oxygen atoms in total. The molecule has 0 atom stereocenters. The minimum atomic E-state index is 0.879. The first-order valence-corrected chi connectivity index (χ1v) is 18.7. The maximum absolute atomic E-state index is 6.44. The van der Waals surface area contributed by atoms with E-state index in [1.165, 1.54) is 54.8 Å². The molecule has 11 rings (SSSR count). The van der Waals surface area contributed by atoms with Gasteiger partial charge in [0.05, 0.1) is 11.0 Å². The van der Waals surface area contributed by atoms with Crippen LogP contribution in [-0.2, 0) is 0 Å². The number of nitrogens with zero attached hydrogens (tertiary/aromatic N) is 2. The molecule has 11 aromatic rings. The van der Waals surface area contributed by atoms with E-state index in [0.717, 1.165) is 44.7 Å². The summed E-state index contributed by atoms with van der Waals surface area (Å²) < 4.78 is 8.81. The van der Waals surface area contributed by atoms with Crippen molar-refractivity contribution in [2.75, 3.05) is 4.90 Å². The molecule has 0 radical (unpaired) electrons. The fourth-order valence-corrected chi connectivity index (χ4v) is 8.30. The minimum Gasteiger partial charge on any atom is -0.456 e. The van der Waals surface area contributed by atoms with Gasteiger partial charge in [0.2, 0.25) is 0 Å². The summed E-state index contributed by atoms with van der Waals surface area (Å²) in [6.45, 7) is 0. The summed E-state index contributed by atoms with van der Waals surface area (Å²) in [6.07, 6.45) is 0. The lowest BCUT2D eigenvalue weighted by molar-refractivity contribution is 0.669. The predicted molar refractivity (Wildman–Crippen MR) is 231 cm³/mol. The summed E-state index contributed by atoms with van der Waals surface area (Å²) in [5.41, 5.74) is 13.3. The third-order valence-electron chi connectivity index (χ3n) is 10.9. The molecule has 0 bridgehead atoms. The number of rotatable bonds is 6. The van der Waals surface area contributed by atoms with Crippen molar-refractivity contribution in [2.45, 2.75) is 0 Å². The Balaban J connectivity index is 1.09. The van der Waals surface area contributed by atoms with Gasteiger partial charge in [-0.3, -0.25) is 0 Å². The van der Waals surface area contributed by atoms with Crippen molar-refractivity contribution in [3.63, 3.8) is 0 Å². The van der Waals surface area contributed by atoms with Crippen LogP contribution >= 0.6 is 0 Å². The monoisotopic (exact) mass is 702 g/mol. The molecule has 0 aliphatic rings. The van der Waals surface area contributed by atoms with Crippen molar-refractivity contribution >= 4 is 71.6 Å². The summed E-state index contributed by atoms with van der Waals surface area (Å²) in [5.74, 6) is 0. The van der Waals surface area contributed by atoms with Crippen molar-refractivity contribution in [1.29, 1.82) is 0 Å². The fraction of sp³-hybridized carbons (Fsp3) is 0. The van der Waals surface area contributed by atoms with Crippen LogP contribution in [0.1, 0.15) is 0 Å². The van der Waals surface area contributed by atoms with E-state index in [0.29, 0.717) is 0 Å². The molecule has 0 saturated carbocycles. The fourth-order valence-electron chi connectivity index (χ4n) is 8.30. The molecule has 2 aromatic heterocycles. The molecule has 0 unspecified atom stereocenters. The number of hydrogen-bond donors (Lipinski definition) is 0. The highest BCUT2D eigenvalue weighted by Gasteiger charge is 2.19. The van der Waals surface area contributed by atoms with E-state index in [-0.39, 0.29) is 0 Å². The maximum Gasteiger partial charge on any atom is 0.136 e. The molecule has 9 aromatic carbocycles. The predicted octanol–water partition coefficient (Wildman–Crippen LogP) is 14.6. The second kappa shape index (κ2) is 12.6. The molecule has 3 heteroatoms. The zero-order valence-corrected chi connectivity index (χ0v) is 29.9. The third-order valence-corrected chi connectivity index (χ3v) is 10.9. The van der Waals surface area contributed by atoms with Crippen LogP contribution in [-0.4, -0.2) is 4.57 Å². The smallest absolute Gasteiger partial charge is 0.136 e. The van der Waals surface area contributed by atoms with Gasteiger partial charge in [0.15, 0.2) is 0 Å². The molecule has 55 heavy (non-hydrogen) atoms. The molecular formula is C52H34N2O. The number of para-hydroxylation sites is 2. The number of benzene rings is 9. The van der Waals surface area contributed by atoms with Crippen LogP contribution in [0.4, 0.5) is 17.1 Å². The summed E-state index contributed by atoms with van der Waals surface area (Å²) in [7, 11) is 0. The average molecular weight is 703 g/mol. The topological polar surface area (TPSA) is 21.3 Å². The molecule has 0 spiro atoms. The molecule has 0 amide bonds. The lowest BCUT2D eigenvalue weighted by atomic mass is 9.99. The van der Waals surface area contributed by atoms with Crippen LogP contribution in [0.3, 0.4) is 0 Å². The first-order valence-electron chi connectivity index (χ1n) is 18.7. The Bertz CT molecular complexity index is 3190. The van der Waals surface area contributed by atoms with E-state index in [2.05, 4.69) is 216 Å². The molecule has 258 valence electrons. The summed E-state index contributed by atoms with van der Waals surface area (Å²) in [4.78, 5) is 2.37. The Morgan fingerprint density at radius 2 is 0.891 bits per heavy atom. The van der Waals surface area contributed by atoms with Gasteiger partial charge in [-0.2, -0.15) is 0 Å². The Labute approximate surface area is 318 Å². The molecule has 0 N–H and O–H groups in total. The molecule has 2 heterocycles. The second-order valence-electron chi connectivity index (χ2n) is 14.2.